The van der Waals surface area contributed by atoms with E-state index < -0.39 is 23.8 Å². The van der Waals surface area contributed by atoms with Crippen LogP contribution in [0, 0.1) is 23.7 Å². The van der Waals surface area contributed by atoms with E-state index in [1.165, 1.54) is 32.1 Å². The molecule has 3 amide bonds. The second-order valence-electron chi connectivity index (χ2n) is 9.88. The zero-order valence-corrected chi connectivity index (χ0v) is 19.3. The van der Waals surface area contributed by atoms with Gasteiger partial charge in [0, 0.05) is 24.9 Å². The van der Waals surface area contributed by atoms with E-state index in [1.54, 1.807) is 0 Å². The van der Waals surface area contributed by atoms with Gasteiger partial charge in [0.1, 0.15) is 6.04 Å². The summed E-state index contributed by atoms with van der Waals surface area (Å²) in [7, 11) is 0. The van der Waals surface area contributed by atoms with Gasteiger partial charge in [0.25, 0.3) is 0 Å². The van der Waals surface area contributed by atoms with Crippen LogP contribution in [0.5, 0.6) is 0 Å². The number of carbonyl (C=O) groups is 3. The predicted molar refractivity (Wildman–Crippen MR) is 119 cm³/mol. The molecular formula is C24H43N3O3. The number of rotatable bonds is 10. The van der Waals surface area contributed by atoms with E-state index in [0.717, 1.165) is 32.4 Å². The molecule has 2 aliphatic rings. The lowest BCUT2D eigenvalue weighted by Crippen LogP contribution is -2.51. The monoisotopic (exact) mass is 421 g/mol. The quantitative estimate of drug-likeness (QED) is 0.564. The van der Waals surface area contributed by atoms with Crippen LogP contribution in [-0.2, 0) is 14.4 Å². The van der Waals surface area contributed by atoms with E-state index in [9.17, 15) is 14.4 Å². The van der Waals surface area contributed by atoms with Crippen molar-refractivity contribution in [2.24, 2.45) is 29.4 Å². The maximum atomic E-state index is 13.2. The Labute approximate surface area is 182 Å². The summed E-state index contributed by atoms with van der Waals surface area (Å²) < 4.78 is 0. The average Bonchev–Trinajstić information content (AvgIpc) is 2.87. The van der Waals surface area contributed by atoms with Crippen molar-refractivity contribution in [2.45, 2.75) is 97.4 Å². The van der Waals surface area contributed by atoms with Crippen LogP contribution < -0.4 is 11.1 Å². The number of nitrogens with two attached hydrogens (primary N) is 1. The van der Waals surface area contributed by atoms with E-state index in [1.807, 2.05) is 25.7 Å². The Morgan fingerprint density at radius 1 is 1.07 bits per heavy atom. The first-order chi connectivity index (χ1) is 14.3. The van der Waals surface area contributed by atoms with Gasteiger partial charge in [-0.1, -0.05) is 46.5 Å². The molecule has 0 aromatic carbocycles. The molecule has 1 saturated carbocycles. The Bertz CT molecular complexity index is 572. The Morgan fingerprint density at radius 2 is 1.73 bits per heavy atom. The summed E-state index contributed by atoms with van der Waals surface area (Å²) in [6.07, 6.45) is 10.8. The van der Waals surface area contributed by atoms with Gasteiger partial charge in [-0.2, -0.15) is 0 Å². The van der Waals surface area contributed by atoms with E-state index in [0.29, 0.717) is 25.2 Å². The number of amides is 3. The molecule has 30 heavy (non-hydrogen) atoms. The van der Waals surface area contributed by atoms with E-state index in [4.69, 9.17) is 5.73 Å². The number of likely N-dealkylation sites (tertiary alicyclic amines) is 1. The molecule has 1 heterocycles. The van der Waals surface area contributed by atoms with Gasteiger partial charge in [0.2, 0.25) is 17.7 Å². The first kappa shape index (κ1) is 24.7. The number of carbonyl (C=O) groups excluding carboxylic acids is 3. The van der Waals surface area contributed by atoms with Crippen LogP contribution in [-0.4, -0.2) is 41.8 Å². The lowest BCUT2D eigenvalue weighted by molar-refractivity contribution is -0.139. The van der Waals surface area contributed by atoms with Gasteiger partial charge >= 0.3 is 0 Å². The summed E-state index contributed by atoms with van der Waals surface area (Å²) >= 11 is 0. The molecular weight excluding hydrogens is 378 g/mol. The van der Waals surface area contributed by atoms with Gasteiger partial charge in [-0.15, -0.1) is 0 Å². The van der Waals surface area contributed by atoms with Gasteiger partial charge in [-0.25, -0.2) is 0 Å². The van der Waals surface area contributed by atoms with E-state index >= 15 is 0 Å². The van der Waals surface area contributed by atoms with Crippen molar-refractivity contribution in [1.29, 1.82) is 0 Å². The SMILES string of the molecule is CCCC(C(N)=O)C(CC(C)C)C(=O)N[C@H]1CCCCN(CC2CCCCC2)C1=O. The van der Waals surface area contributed by atoms with Gasteiger partial charge in [0.15, 0.2) is 0 Å². The molecule has 0 bridgehead atoms. The topological polar surface area (TPSA) is 92.5 Å². The molecule has 0 radical (unpaired) electrons. The van der Waals surface area contributed by atoms with Crippen molar-refractivity contribution in [3.8, 4) is 0 Å². The molecule has 0 aromatic rings. The minimum Gasteiger partial charge on any atom is -0.369 e. The van der Waals surface area contributed by atoms with Crippen LogP contribution in [0.15, 0.2) is 0 Å². The van der Waals surface area contributed by atoms with Crippen molar-refractivity contribution in [2.75, 3.05) is 13.1 Å². The van der Waals surface area contributed by atoms with Crippen LogP contribution in [0.2, 0.25) is 0 Å². The van der Waals surface area contributed by atoms with Crippen molar-refractivity contribution in [3.63, 3.8) is 0 Å². The molecule has 2 fully saturated rings. The summed E-state index contributed by atoms with van der Waals surface area (Å²) in [5.41, 5.74) is 5.65. The summed E-state index contributed by atoms with van der Waals surface area (Å²) in [5.74, 6) is -0.618. The van der Waals surface area contributed by atoms with Crippen molar-refractivity contribution >= 4 is 17.7 Å². The van der Waals surface area contributed by atoms with E-state index in [-0.39, 0.29) is 17.7 Å². The fourth-order valence-corrected chi connectivity index (χ4v) is 5.20. The fourth-order valence-electron chi connectivity index (χ4n) is 5.20. The third kappa shape index (κ3) is 7.28. The second-order valence-corrected chi connectivity index (χ2v) is 9.88. The molecule has 0 aromatic heterocycles. The molecule has 6 heteroatoms. The summed E-state index contributed by atoms with van der Waals surface area (Å²) in [6, 6.07) is -0.478. The molecule has 3 N–H and O–H groups in total. The van der Waals surface area contributed by atoms with Crippen molar-refractivity contribution in [3.05, 3.63) is 0 Å². The summed E-state index contributed by atoms with van der Waals surface area (Å²) in [4.78, 5) is 40.5. The van der Waals surface area contributed by atoms with Gasteiger partial charge in [-0.05, 0) is 56.8 Å². The molecule has 2 unspecified atom stereocenters. The third-order valence-electron chi connectivity index (χ3n) is 6.81. The molecule has 3 atom stereocenters. The zero-order chi connectivity index (χ0) is 22.1. The largest absolute Gasteiger partial charge is 0.369 e. The zero-order valence-electron chi connectivity index (χ0n) is 19.3. The first-order valence-electron chi connectivity index (χ1n) is 12.2. The lowest BCUT2D eigenvalue weighted by Gasteiger charge is -2.32. The molecule has 1 aliphatic heterocycles. The van der Waals surface area contributed by atoms with Crippen molar-refractivity contribution < 1.29 is 14.4 Å². The highest BCUT2D eigenvalue weighted by atomic mass is 16.2. The molecule has 0 spiro atoms. The standard InChI is InChI=1S/C24H43N3O3/c1-4-10-19(22(25)28)20(15-17(2)3)23(29)26-21-13-8-9-14-27(24(21)30)16-18-11-6-5-7-12-18/h17-21H,4-16H2,1-3H3,(H2,25,28)(H,26,29)/t19?,20?,21-/m0/s1. The average molecular weight is 422 g/mol. The Morgan fingerprint density at radius 3 is 2.33 bits per heavy atom. The minimum atomic E-state index is -0.478. The highest BCUT2D eigenvalue weighted by Crippen LogP contribution is 2.27. The highest BCUT2D eigenvalue weighted by Gasteiger charge is 2.36. The third-order valence-corrected chi connectivity index (χ3v) is 6.81. The maximum Gasteiger partial charge on any atom is 0.245 e. The van der Waals surface area contributed by atoms with Crippen LogP contribution in [0.25, 0.3) is 0 Å². The van der Waals surface area contributed by atoms with Gasteiger partial charge in [0.05, 0.1) is 0 Å². The van der Waals surface area contributed by atoms with E-state index in [2.05, 4.69) is 5.32 Å². The number of nitrogens with one attached hydrogen (secondary N) is 1. The summed E-state index contributed by atoms with van der Waals surface area (Å²) in [6.45, 7) is 7.70. The van der Waals surface area contributed by atoms with Crippen LogP contribution >= 0.6 is 0 Å². The smallest absolute Gasteiger partial charge is 0.245 e. The second kappa shape index (κ2) is 12.3. The fraction of sp³-hybridized carbons (Fsp3) is 0.875. The molecule has 1 aliphatic carbocycles. The molecule has 1 saturated heterocycles. The Balaban J connectivity index is 2.07. The molecule has 172 valence electrons. The maximum absolute atomic E-state index is 13.2. The van der Waals surface area contributed by atoms with Crippen molar-refractivity contribution in [1.82, 2.24) is 10.2 Å². The van der Waals surface area contributed by atoms with Crippen LogP contribution in [0.3, 0.4) is 0 Å². The predicted octanol–water partition coefficient (Wildman–Crippen LogP) is 3.63. The normalized spacial score (nSPS) is 23.1. The number of hydrogen-bond donors (Lipinski definition) is 2. The number of primary amides is 1. The Hall–Kier alpha value is -1.59. The number of hydrogen-bond acceptors (Lipinski definition) is 3. The Kier molecular flexibility index (Phi) is 10.1. The first-order valence-corrected chi connectivity index (χ1v) is 12.2. The minimum absolute atomic E-state index is 0.0563. The lowest BCUT2D eigenvalue weighted by atomic mass is 9.81. The van der Waals surface area contributed by atoms with Gasteiger partial charge in [-0.3, -0.25) is 14.4 Å². The molecule has 2 rings (SSSR count). The number of nitrogens with zero attached hydrogens (tertiary/aromatic N) is 1. The summed E-state index contributed by atoms with van der Waals surface area (Å²) in [5, 5.41) is 3.04. The van der Waals surface area contributed by atoms with Gasteiger partial charge < -0.3 is 16.0 Å². The molecule has 6 nitrogen and oxygen atoms in total. The van der Waals surface area contributed by atoms with Crippen LogP contribution in [0.1, 0.15) is 91.4 Å². The highest BCUT2D eigenvalue weighted by molar-refractivity contribution is 5.91. The van der Waals surface area contributed by atoms with Crippen LogP contribution in [0.4, 0.5) is 0 Å².